The van der Waals surface area contributed by atoms with Gasteiger partial charge in [-0.05, 0) is 18.4 Å². The fourth-order valence-corrected chi connectivity index (χ4v) is 2.54. The normalized spacial score (nSPS) is 12.3. The van der Waals surface area contributed by atoms with E-state index in [1.54, 1.807) is 19.1 Å². The van der Waals surface area contributed by atoms with Crippen molar-refractivity contribution in [1.82, 2.24) is 0 Å². The Balaban J connectivity index is 2.53. The number of nitrogens with two attached hydrogens (primary N) is 1. The summed E-state index contributed by atoms with van der Waals surface area (Å²) in [5, 5.41) is 22.8. The van der Waals surface area contributed by atoms with Crippen molar-refractivity contribution in [2.75, 3.05) is 0 Å². The fraction of sp³-hybridized carbons (Fsp3) is 0.167. The summed E-state index contributed by atoms with van der Waals surface area (Å²) in [7, 11) is 0. The third-order valence-electron chi connectivity index (χ3n) is 2.75. The zero-order valence-corrected chi connectivity index (χ0v) is 10.5. The number of benzene rings is 1. The highest BCUT2D eigenvalue weighted by Crippen LogP contribution is 2.38. The molecule has 3 N–H and O–H groups in total. The molecule has 18 heavy (non-hydrogen) atoms. The molecule has 1 aromatic carbocycles. The summed E-state index contributed by atoms with van der Waals surface area (Å²) >= 11 is 1.45. The lowest BCUT2D eigenvalue weighted by Gasteiger charge is -2.12. The van der Waals surface area contributed by atoms with E-state index in [2.05, 4.69) is 0 Å². The van der Waals surface area contributed by atoms with Crippen LogP contribution in [0.3, 0.4) is 0 Å². The minimum absolute atomic E-state index is 0.278. The lowest BCUT2D eigenvalue weighted by Crippen LogP contribution is -2.11. The quantitative estimate of drug-likeness (QED) is 0.658. The summed E-state index contributed by atoms with van der Waals surface area (Å²) in [4.78, 5) is 11.2. The molecular formula is C12H12N2O3S. The molecule has 0 spiro atoms. The monoisotopic (exact) mass is 264 g/mol. The van der Waals surface area contributed by atoms with E-state index < -0.39 is 11.0 Å². The second-order valence-electron chi connectivity index (χ2n) is 3.92. The largest absolute Gasteiger partial charge is 0.502 e. The molecule has 1 atom stereocenters. The van der Waals surface area contributed by atoms with Crippen molar-refractivity contribution in [3.05, 3.63) is 55.8 Å². The van der Waals surface area contributed by atoms with Gasteiger partial charge in [-0.2, -0.15) is 0 Å². The van der Waals surface area contributed by atoms with Crippen LogP contribution in [0.25, 0.3) is 0 Å². The number of phenols is 1. The fourth-order valence-electron chi connectivity index (χ4n) is 1.80. The Labute approximate surface area is 108 Å². The molecule has 2 aromatic rings. The average Bonchev–Trinajstić information content (AvgIpc) is 2.81. The Morgan fingerprint density at radius 1 is 1.44 bits per heavy atom. The second kappa shape index (κ2) is 4.75. The van der Waals surface area contributed by atoms with Crippen molar-refractivity contribution in [3.63, 3.8) is 0 Å². The lowest BCUT2D eigenvalue weighted by molar-refractivity contribution is -0.386. The first kappa shape index (κ1) is 12.5. The van der Waals surface area contributed by atoms with Crippen LogP contribution in [0.2, 0.25) is 0 Å². The van der Waals surface area contributed by atoms with E-state index in [0.717, 1.165) is 4.88 Å². The molecule has 0 unspecified atom stereocenters. The summed E-state index contributed by atoms with van der Waals surface area (Å²) in [6.07, 6.45) is 0. The Kier molecular flexibility index (Phi) is 3.31. The van der Waals surface area contributed by atoms with Crippen LogP contribution >= 0.6 is 11.3 Å². The summed E-state index contributed by atoms with van der Waals surface area (Å²) in [5.41, 5.74) is 6.52. The molecule has 0 bridgehead atoms. The first-order valence-electron chi connectivity index (χ1n) is 5.28. The Hall–Kier alpha value is -1.92. The number of thiophene rings is 1. The third-order valence-corrected chi connectivity index (χ3v) is 3.71. The highest BCUT2D eigenvalue weighted by atomic mass is 32.1. The number of aryl methyl sites for hydroxylation is 1. The van der Waals surface area contributed by atoms with Crippen LogP contribution < -0.4 is 5.73 Å². The summed E-state index contributed by atoms with van der Waals surface area (Å²) in [6.45, 7) is 1.58. The second-order valence-corrected chi connectivity index (χ2v) is 4.90. The lowest BCUT2D eigenvalue weighted by atomic mass is 10.0. The maximum absolute atomic E-state index is 10.9. The Morgan fingerprint density at radius 3 is 2.72 bits per heavy atom. The van der Waals surface area contributed by atoms with Gasteiger partial charge in [0, 0.05) is 16.0 Å². The maximum atomic E-state index is 10.9. The molecule has 2 rings (SSSR count). The van der Waals surface area contributed by atoms with Gasteiger partial charge in [-0.3, -0.25) is 10.1 Å². The highest BCUT2D eigenvalue weighted by Gasteiger charge is 2.24. The van der Waals surface area contributed by atoms with Crippen molar-refractivity contribution in [2.24, 2.45) is 5.73 Å². The molecular weight excluding hydrogens is 252 g/mol. The van der Waals surface area contributed by atoms with Crippen LogP contribution in [-0.2, 0) is 0 Å². The van der Waals surface area contributed by atoms with E-state index in [9.17, 15) is 15.2 Å². The molecule has 0 saturated carbocycles. The van der Waals surface area contributed by atoms with Crippen LogP contribution in [0.1, 0.15) is 22.0 Å². The van der Waals surface area contributed by atoms with E-state index in [-0.39, 0.29) is 11.4 Å². The molecule has 1 aromatic heterocycles. The van der Waals surface area contributed by atoms with Crippen molar-refractivity contribution in [3.8, 4) is 5.75 Å². The first-order valence-corrected chi connectivity index (χ1v) is 6.16. The standard InChI is InChI=1S/C12H12N2O3S/c1-7-4-5-8(12(15)11(7)14(16)17)10(13)9-3-2-6-18-9/h2-6,10,15H,13H2,1H3/t10-/m0/s1. The predicted octanol–water partition coefficient (Wildman–Crippen LogP) is 2.72. The van der Waals surface area contributed by atoms with E-state index in [1.165, 1.54) is 11.3 Å². The molecule has 0 amide bonds. The molecule has 94 valence electrons. The van der Waals surface area contributed by atoms with Crippen molar-refractivity contribution >= 4 is 17.0 Å². The molecule has 0 aliphatic carbocycles. The number of aromatic hydroxyl groups is 1. The number of rotatable bonds is 3. The number of nitro benzene ring substituents is 1. The van der Waals surface area contributed by atoms with Gasteiger partial charge in [-0.25, -0.2) is 0 Å². The van der Waals surface area contributed by atoms with Gasteiger partial charge in [-0.1, -0.05) is 18.2 Å². The average molecular weight is 264 g/mol. The van der Waals surface area contributed by atoms with E-state index in [0.29, 0.717) is 11.1 Å². The molecule has 1 heterocycles. The van der Waals surface area contributed by atoms with E-state index >= 15 is 0 Å². The molecule has 6 heteroatoms. The summed E-state index contributed by atoms with van der Waals surface area (Å²) in [5.74, 6) is -0.346. The zero-order chi connectivity index (χ0) is 13.3. The van der Waals surface area contributed by atoms with Crippen LogP contribution in [0.5, 0.6) is 5.75 Å². The molecule has 0 radical (unpaired) electrons. The Morgan fingerprint density at radius 2 is 2.17 bits per heavy atom. The molecule has 0 aliphatic rings. The first-order chi connectivity index (χ1) is 8.52. The SMILES string of the molecule is Cc1ccc([C@H](N)c2cccs2)c(O)c1[N+](=O)[O-]. The third kappa shape index (κ3) is 2.07. The van der Waals surface area contributed by atoms with Crippen LogP contribution in [0.4, 0.5) is 5.69 Å². The van der Waals surface area contributed by atoms with Crippen LogP contribution in [-0.4, -0.2) is 10.0 Å². The molecule has 5 nitrogen and oxygen atoms in total. The van der Waals surface area contributed by atoms with Crippen molar-refractivity contribution in [2.45, 2.75) is 13.0 Å². The van der Waals surface area contributed by atoms with Gasteiger partial charge in [-0.15, -0.1) is 11.3 Å². The minimum atomic E-state index is -0.588. The van der Waals surface area contributed by atoms with Crippen molar-refractivity contribution < 1.29 is 10.0 Å². The predicted molar refractivity (Wildman–Crippen MR) is 69.8 cm³/mol. The molecule has 0 saturated heterocycles. The summed E-state index contributed by atoms with van der Waals surface area (Å²) in [6, 6.07) is 6.35. The number of nitro groups is 1. The molecule has 0 aliphatic heterocycles. The summed E-state index contributed by atoms with van der Waals surface area (Å²) < 4.78 is 0. The minimum Gasteiger partial charge on any atom is -0.502 e. The number of nitrogens with zero attached hydrogens (tertiary/aromatic N) is 1. The van der Waals surface area contributed by atoms with E-state index in [1.807, 2.05) is 17.5 Å². The molecule has 0 fully saturated rings. The topological polar surface area (TPSA) is 89.4 Å². The van der Waals surface area contributed by atoms with Crippen molar-refractivity contribution in [1.29, 1.82) is 0 Å². The number of phenolic OH excluding ortho intramolecular Hbond substituents is 1. The maximum Gasteiger partial charge on any atom is 0.313 e. The smallest absolute Gasteiger partial charge is 0.313 e. The number of hydrogen-bond acceptors (Lipinski definition) is 5. The highest BCUT2D eigenvalue weighted by molar-refractivity contribution is 7.10. The van der Waals surface area contributed by atoms with Crippen LogP contribution in [0.15, 0.2) is 29.6 Å². The van der Waals surface area contributed by atoms with Gasteiger partial charge in [0.1, 0.15) is 0 Å². The van der Waals surface area contributed by atoms with Gasteiger partial charge in [0.05, 0.1) is 11.0 Å². The van der Waals surface area contributed by atoms with Gasteiger partial charge >= 0.3 is 5.69 Å². The van der Waals surface area contributed by atoms with Crippen LogP contribution in [0, 0.1) is 17.0 Å². The van der Waals surface area contributed by atoms with E-state index in [4.69, 9.17) is 5.73 Å². The van der Waals surface area contributed by atoms with Gasteiger partial charge in [0.25, 0.3) is 0 Å². The zero-order valence-electron chi connectivity index (χ0n) is 9.66. The number of hydrogen-bond donors (Lipinski definition) is 2. The van der Waals surface area contributed by atoms with Gasteiger partial charge < -0.3 is 10.8 Å². The van der Waals surface area contributed by atoms with Gasteiger partial charge in [0.15, 0.2) is 5.75 Å². The van der Waals surface area contributed by atoms with Gasteiger partial charge in [0.2, 0.25) is 0 Å². The Bertz CT molecular complexity index is 581.